The molecule has 3 aromatic rings. The number of halogens is 1. The van der Waals surface area contributed by atoms with Crippen molar-refractivity contribution in [3.05, 3.63) is 64.8 Å². The van der Waals surface area contributed by atoms with Gasteiger partial charge < -0.3 is 10.1 Å². The molecule has 0 atom stereocenters. The molecule has 1 aromatic carbocycles. The van der Waals surface area contributed by atoms with Gasteiger partial charge in [-0.2, -0.15) is 14.5 Å². The number of ether oxygens (including phenoxy) is 1. The van der Waals surface area contributed by atoms with Crippen LogP contribution in [0, 0.1) is 5.82 Å². The van der Waals surface area contributed by atoms with Crippen LogP contribution in [0.25, 0.3) is 11.3 Å². The molecule has 25 heavy (non-hydrogen) atoms. The monoisotopic (exact) mass is 341 g/mol. The molecule has 0 aliphatic rings. The molecule has 128 valence electrons. The van der Waals surface area contributed by atoms with E-state index in [1.807, 2.05) is 30.3 Å². The normalized spacial score (nSPS) is 10.5. The standard InChI is InChI=1S/C17H16FN5O2/c1-25-16-13(18)11-20-17(21-16)19-9-10-23-15(24)8-7-14(22-23)12-5-3-2-4-6-12/h2-8,11H,9-10H2,1H3,(H,19,20,21). The van der Waals surface area contributed by atoms with Gasteiger partial charge >= 0.3 is 0 Å². The Morgan fingerprint density at radius 3 is 2.76 bits per heavy atom. The summed E-state index contributed by atoms with van der Waals surface area (Å²) >= 11 is 0. The molecule has 0 amide bonds. The number of hydrogen-bond acceptors (Lipinski definition) is 6. The van der Waals surface area contributed by atoms with Gasteiger partial charge in [-0.05, 0) is 6.07 Å². The second-order valence-electron chi connectivity index (χ2n) is 5.12. The van der Waals surface area contributed by atoms with Gasteiger partial charge in [0, 0.05) is 18.2 Å². The Labute approximate surface area is 143 Å². The third kappa shape index (κ3) is 3.97. The number of hydrogen-bond donors (Lipinski definition) is 1. The van der Waals surface area contributed by atoms with Crippen LogP contribution < -0.4 is 15.6 Å². The molecule has 3 rings (SSSR count). The highest BCUT2D eigenvalue weighted by Gasteiger charge is 2.07. The summed E-state index contributed by atoms with van der Waals surface area (Å²) in [6.45, 7) is 0.655. The Hall–Kier alpha value is -3.29. The minimum absolute atomic E-state index is 0.140. The van der Waals surface area contributed by atoms with E-state index in [4.69, 9.17) is 4.74 Å². The van der Waals surface area contributed by atoms with Gasteiger partial charge in [0.1, 0.15) is 0 Å². The van der Waals surface area contributed by atoms with Crippen LogP contribution in [0.3, 0.4) is 0 Å². The van der Waals surface area contributed by atoms with Crippen molar-refractivity contribution in [3.63, 3.8) is 0 Å². The third-order valence-electron chi connectivity index (χ3n) is 3.45. The van der Waals surface area contributed by atoms with E-state index in [1.165, 1.54) is 17.9 Å². The van der Waals surface area contributed by atoms with E-state index in [0.717, 1.165) is 11.8 Å². The quantitative estimate of drug-likeness (QED) is 0.738. The number of anilines is 1. The van der Waals surface area contributed by atoms with Gasteiger partial charge in [-0.3, -0.25) is 4.79 Å². The van der Waals surface area contributed by atoms with Crippen LogP contribution in [-0.2, 0) is 6.54 Å². The zero-order valence-corrected chi connectivity index (χ0v) is 13.5. The molecule has 0 aliphatic carbocycles. The first-order chi connectivity index (χ1) is 12.2. The first-order valence-corrected chi connectivity index (χ1v) is 7.61. The van der Waals surface area contributed by atoms with Crippen LogP contribution in [0.1, 0.15) is 0 Å². The molecule has 0 aliphatic heterocycles. The summed E-state index contributed by atoms with van der Waals surface area (Å²) in [6, 6.07) is 12.8. The topological polar surface area (TPSA) is 81.9 Å². The maximum Gasteiger partial charge on any atom is 0.266 e. The van der Waals surface area contributed by atoms with Gasteiger partial charge in [0.15, 0.2) is 0 Å². The van der Waals surface area contributed by atoms with Gasteiger partial charge in [-0.15, -0.1) is 0 Å². The average Bonchev–Trinajstić information content (AvgIpc) is 2.65. The molecule has 0 spiro atoms. The molecule has 0 unspecified atom stereocenters. The molecule has 2 heterocycles. The zero-order chi connectivity index (χ0) is 17.6. The predicted molar refractivity (Wildman–Crippen MR) is 91.0 cm³/mol. The van der Waals surface area contributed by atoms with Crippen molar-refractivity contribution in [1.82, 2.24) is 19.7 Å². The molecule has 0 saturated carbocycles. The van der Waals surface area contributed by atoms with Crippen LogP contribution >= 0.6 is 0 Å². The van der Waals surface area contributed by atoms with Crippen LogP contribution in [0.2, 0.25) is 0 Å². The van der Waals surface area contributed by atoms with Crippen molar-refractivity contribution in [1.29, 1.82) is 0 Å². The van der Waals surface area contributed by atoms with Crippen LogP contribution in [-0.4, -0.2) is 33.4 Å². The second kappa shape index (κ2) is 7.52. The first-order valence-electron chi connectivity index (χ1n) is 7.61. The third-order valence-corrected chi connectivity index (χ3v) is 3.45. The van der Waals surface area contributed by atoms with E-state index in [-0.39, 0.29) is 17.4 Å². The van der Waals surface area contributed by atoms with E-state index >= 15 is 0 Å². The summed E-state index contributed by atoms with van der Waals surface area (Å²) in [5.74, 6) is -0.564. The summed E-state index contributed by atoms with van der Waals surface area (Å²) in [5.41, 5.74) is 1.43. The molecule has 0 saturated heterocycles. The molecule has 7 nitrogen and oxygen atoms in total. The maximum atomic E-state index is 13.3. The molecule has 2 aromatic heterocycles. The second-order valence-corrected chi connectivity index (χ2v) is 5.12. The van der Waals surface area contributed by atoms with Crippen molar-refractivity contribution in [2.75, 3.05) is 19.0 Å². The number of nitrogens with zero attached hydrogens (tertiary/aromatic N) is 4. The van der Waals surface area contributed by atoms with Crippen molar-refractivity contribution >= 4 is 5.95 Å². The van der Waals surface area contributed by atoms with Crippen molar-refractivity contribution in [3.8, 4) is 17.1 Å². The van der Waals surface area contributed by atoms with Crippen LogP contribution in [0.4, 0.5) is 10.3 Å². The van der Waals surface area contributed by atoms with Gasteiger partial charge in [-0.25, -0.2) is 9.67 Å². The van der Waals surface area contributed by atoms with Crippen LogP contribution in [0.15, 0.2) is 53.5 Å². The summed E-state index contributed by atoms with van der Waals surface area (Å²) < 4.78 is 19.4. The van der Waals surface area contributed by atoms with Crippen molar-refractivity contribution < 1.29 is 9.13 Å². The lowest BCUT2D eigenvalue weighted by Gasteiger charge is -2.09. The minimum atomic E-state index is -0.638. The summed E-state index contributed by atoms with van der Waals surface area (Å²) in [5, 5.41) is 7.27. The van der Waals surface area contributed by atoms with E-state index in [9.17, 15) is 9.18 Å². The van der Waals surface area contributed by atoms with Gasteiger partial charge in [0.2, 0.25) is 11.8 Å². The van der Waals surface area contributed by atoms with E-state index < -0.39 is 5.82 Å². The summed E-state index contributed by atoms with van der Waals surface area (Å²) in [7, 11) is 1.33. The molecule has 1 N–H and O–H groups in total. The largest absolute Gasteiger partial charge is 0.479 e. The fraction of sp³-hybridized carbons (Fsp3) is 0.176. The predicted octanol–water partition coefficient (Wildman–Crippen LogP) is 1.96. The Kier molecular flexibility index (Phi) is 4.98. The number of nitrogens with one attached hydrogen (secondary N) is 1. The fourth-order valence-electron chi connectivity index (χ4n) is 2.23. The Morgan fingerprint density at radius 2 is 2.00 bits per heavy atom. The summed E-state index contributed by atoms with van der Waals surface area (Å²) in [6.07, 6.45) is 1.02. The Bertz CT molecular complexity index is 914. The SMILES string of the molecule is COc1nc(NCCn2nc(-c3ccccc3)ccc2=O)ncc1F. The number of rotatable bonds is 6. The smallest absolute Gasteiger partial charge is 0.266 e. The highest BCUT2D eigenvalue weighted by molar-refractivity contribution is 5.57. The van der Waals surface area contributed by atoms with E-state index in [2.05, 4.69) is 20.4 Å². The van der Waals surface area contributed by atoms with E-state index in [1.54, 1.807) is 6.07 Å². The molecule has 0 bridgehead atoms. The number of benzene rings is 1. The molecular weight excluding hydrogens is 325 g/mol. The molecule has 0 radical (unpaired) electrons. The average molecular weight is 341 g/mol. The maximum absolute atomic E-state index is 13.3. The summed E-state index contributed by atoms with van der Waals surface area (Å²) in [4.78, 5) is 19.7. The molecule has 0 fully saturated rings. The Balaban J connectivity index is 1.70. The fourth-order valence-corrected chi connectivity index (χ4v) is 2.23. The van der Waals surface area contributed by atoms with Crippen molar-refractivity contribution in [2.24, 2.45) is 0 Å². The highest BCUT2D eigenvalue weighted by Crippen LogP contribution is 2.14. The lowest BCUT2D eigenvalue weighted by molar-refractivity contribution is 0.367. The van der Waals surface area contributed by atoms with Gasteiger partial charge in [-0.1, -0.05) is 30.3 Å². The van der Waals surface area contributed by atoms with Gasteiger partial charge in [0.25, 0.3) is 11.4 Å². The highest BCUT2D eigenvalue weighted by atomic mass is 19.1. The Morgan fingerprint density at radius 1 is 1.20 bits per heavy atom. The number of methoxy groups -OCH3 is 1. The van der Waals surface area contributed by atoms with Gasteiger partial charge in [0.05, 0.1) is 25.5 Å². The lowest BCUT2D eigenvalue weighted by Crippen LogP contribution is -2.26. The van der Waals surface area contributed by atoms with E-state index in [0.29, 0.717) is 18.8 Å². The lowest BCUT2D eigenvalue weighted by atomic mass is 10.1. The number of aromatic nitrogens is 4. The minimum Gasteiger partial charge on any atom is -0.479 e. The van der Waals surface area contributed by atoms with Crippen molar-refractivity contribution in [2.45, 2.75) is 6.54 Å². The molecule has 8 heteroatoms. The first kappa shape index (κ1) is 16.6. The zero-order valence-electron chi connectivity index (χ0n) is 13.5. The van der Waals surface area contributed by atoms with Crippen LogP contribution in [0.5, 0.6) is 5.88 Å². The molecular formula is C17H16FN5O2.